The van der Waals surface area contributed by atoms with Crippen molar-refractivity contribution in [3.8, 4) is 0 Å². The number of para-hydroxylation sites is 1. The molecule has 0 bridgehead atoms. The molecule has 0 radical (unpaired) electrons. The van der Waals surface area contributed by atoms with Crippen molar-refractivity contribution in [1.82, 2.24) is 9.88 Å². The number of nitrogens with zero attached hydrogens (tertiary/aromatic N) is 1. The number of hydrogen-bond acceptors (Lipinski definition) is 1. The number of likely N-dealkylation sites (N-methyl/N-ethyl adjacent to an activating group) is 1. The van der Waals surface area contributed by atoms with Crippen LogP contribution in [0.2, 0.25) is 0 Å². The van der Waals surface area contributed by atoms with E-state index in [2.05, 4.69) is 62.0 Å². The molecular formula is C16H24N2. The van der Waals surface area contributed by atoms with Crippen molar-refractivity contribution >= 4 is 10.9 Å². The fourth-order valence-corrected chi connectivity index (χ4v) is 2.56. The molecule has 0 spiro atoms. The highest BCUT2D eigenvalue weighted by Gasteiger charge is 2.13. The molecule has 0 amide bonds. The molecule has 0 aliphatic heterocycles. The van der Waals surface area contributed by atoms with Crippen LogP contribution in [0.1, 0.15) is 37.9 Å². The Balaban J connectivity index is 2.58. The minimum atomic E-state index is 0.507. The van der Waals surface area contributed by atoms with Crippen molar-refractivity contribution in [2.75, 3.05) is 7.05 Å². The van der Waals surface area contributed by atoms with E-state index in [0.717, 1.165) is 6.42 Å². The lowest BCUT2D eigenvalue weighted by atomic mass is 10.0. The molecule has 2 nitrogen and oxygen atoms in total. The van der Waals surface area contributed by atoms with E-state index in [9.17, 15) is 0 Å². The molecule has 1 heterocycles. The van der Waals surface area contributed by atoms with Crippen molar-refractivity contribution in [3.63, 3.8) is 0 Å². The van der Waals surface area contributed by atoms with E-state index >= 15 is 0 Å². The summed E-state index contributed by atoms with van der Waals surface area (Å²) in [6, 6.07) is 7.63. The van der Waals surface area contributed by atoms with Gasteiger partial charge in [-0.25, -0.2) is 0 Å². The van der Waals surface area contributed by atoms with E-state index in [0.29, 0.717) is 12.1 Å². The number of aromatic nitrogens is 1. The van der Waals surface area contributed by atoms with Crippen LogP contribution in [0.15, 0.2) is 24.4 Å². The molecule has 0 aliphatic carbocycles. The lowest BCUT2D eigenvalue weighted by molar-refractivity contribution is 0.597. The second-order valence-electron chi connectivity index (χ2n) is 5.52. The lowest BCUT2D eigenvalue weighted by Gasteiger charge is -2.10. The van der Waals surface area contributed by atoms with Crippen LogP contribution in [-0.4, -0.2) is 17.7 Å². The zero-order valence-electron chi connectivity index (χ0n) is 12.1. The third-order valence-corrected chi connectivity index (χ3v) is 3.71. The SMILES string of the molecule is CNC(C)Cc1cn(C(C)C)c2c(C)cccc12. The minimum Gasteiger partial charge on any atom is -0.344 e. The normalized spacial score (nSPS) is 13.4. The van der Waals surface area contributed by atoms with Gasteiger partial charge in [-0.05, 0) is 52.3 Å². The van der Waals surface area contributed by atoms with E-state index in [4.69, 9.17) is 0 Å². The quantitative estimate of drug-likeness (QED) is 0.868. The maximum Gasteiger partial charge on any atom is 0.0515 e. The number of nitrogens with one attached hydrogen (secondary N) is 1. The van der Waals surface area contributed by atoms with Gasteiger partial charge in [0.1, 0.15) is 0 Å². The first-order chi connectivity index (χ1) is 8.54. The Labute approximate surface area is 110 Å². The summed E-state index contributed by atoms with van der Waals surface area (Å²) in [7, 11) is 2.03. The second kappa shape index (κ2) is 5.15. The van der Waals surface area contributed by atoms with Crippen LogP contribution in [0.3, 0.4) is 0 Å². The maximum atomic E-state index is 3.32. The number of hydrogen-bond donors (Lipinski definition) is 1. The summed E-state index contributed by atoms with van der Waals surface area (Å²) in [5.41, 5.74) is 4.21. The molecule has 2 rings (SSSR count). The van der Waals surface area contributed by atoms with Crippen molar-refractivity contribution in [2.24, 2.45) is 0 Å². The topological polar surface area (TPSA) is 17.0 Å². The Bertz CT molecular complexity index is 537. The Hall–Kier alpha value is -1.28. The number of rotatable bonds is 4. The molecule has 0 aliphatic rings. The van der Waals surface area contributed by atoms with Crippen molar-refractivity contribution in [2.45, 2.75) is 46.2 Å². The third-order valence-electron chi connectivity index (χ3n) is 3.71. The van der Waals surface area contributed by atoms with Gasteiger partial charge < -0.3 is 9.88 Å². The molecule has 1 N–H and O–H groups in total. The molecular weight excluding hydrogens is 220 g/mol. The average Bonchev–Trinajstić information content (AvgIpc) is 2.70. The molecule has 2 heteroatoms. The average molecular weight is 244 g/mol. The summed E-state index contributed by atoms with van der Waals surface area (Å²) in [5, 5.41) is 4.73. The predicted molar refractivity (Wildman–Crippen MR) is 79.3 cm³/mol. The van der Waals surface area contributed by atoms with Crippen LogP contribution < -0.4 is 5.32 Å². The van der Waals surface area contributed by atoms with Gasteiger partial charge in [0.05, 0.1) is 5.52 Å². The van der Waals surface area contributed by atoms with Gasteiger partial charge in [-0.3, -0.25) is 0 Å². The van der Waals surface area contributed by atoms with Gasteiger partial charge in [-0.1, -0.05) is 18.2 Å². The number of aryl methyl sites for hydroxylation is 1. The van der Waals surface area contributed by atoms with Crippen molar-refractivity contribution in [1.29, 1.82) is 0 Å². The van der Waals surface area contributed by atoms with Crippen LogP contribution >= 0.6 is 0 Å². The van der Waals surface area contributed by atoms with Gasteiger partial charge in [0.2, 0.25) is 0 Å². The van der Waals surface area contributed by atoms with Gasteiger partial charge in [0, 0.05) is 23.7 Å². The van der Waals surface area contributed by atoms with Crippen LogP contribution in [0, 0.1) is 6.92 Å². The van der Waals surface area contributed by atoms with Gasteiger partial charge in [-0.15, -0.1) is 0 Å². The van der Waals surface area contributed by atoms with Crippen LogP contribution in [0.25, 0.3) is 10.9 Å². The van der Waals surface area contributed by atoms with E-state index in [-0.39, 0.29) is 0 Å². The van der Waals surface area contributed by atoms with Crippen LogP contribution in [0.5, 0.6) is 0 Å². The first-order valence-corrected chi connectivity index (χ1v) is 6.81. The van der Waals surface area contributed by atoms with E-state index < -0.39 is 0 Å². The molecule has 0 saturated heterocycles. The number of fused-ring (bicyclic) bond motifs is 1. The summed E-state index contributed by atoms with van der Waals surface area (Å²) in [6.07, 6.45) is 3.41. The highest BCUT2D eigenvalue weighted by atomic mass is 15.0. The van der Waals surface area contributed by atoms with Crippen molar-refractivity contribution in [3.05, 3.63) is 35.5 Å². The van der Waals surface area contributed by atoms with E-state index in [1.807, 2.05) is 7.05 Å². The van der Waals surface area contributed by atoms with Gasteiger partial charge >= 0.3 is 0 Å². The first kappa shape index (κ1) is 13.2. The summed E-state index contributed by atoms with van der Waals surface area (Å²) < 4.78 is 2.41. The molecule has 18 heavy (non-hydrogen) atoms. The first-order valence-electron chi connectivity index (χ1n) is 6.81. The Morgan fingerprint density at radius 3 is 2.56 bits per heavy atom. The summed E-state index contributed by atoms with van der Waals surface area (Å²) >= 11 is 0. The van der Waals surface area contributed by atoms with Gasteiger partial charge in [0.15, 0.2) is 0 Å². The molecule has 1 atom stereocenters. The Kier molecular flexibility index (Phi) is 3.76. The molecule has 98 valence electrons. The lowest BCUT2D eigenvalue weighted by Crippen LogP contribution is -2.23. The predicted octanol–water partition coefficient (Wildman–Crippen LogP) is 3.68. The highest BCUT2D eigenvalue weighted by Crippen LogP contribution is 2.28. The van der Waals surface area contributed by atoms with Crippen molar-refractivity contribution < 1.29 is 0 Å². The van der Waals surface area contributed by atoms with E-state index in [1.165, 1.54) is 22.0 Å². The standard InChI is InChI=1S/C16H24N2/c1-11(2)18-10-14(9-13(4)17-5)15-8-6-7-12(3)16(15)18/h6-8,10-11,13,17H,9H2,1-5H3. The van der Waals surface area contributed by atoms with Crippen LogP contribution in [-0.2, 0) is 6.42 Å². The maximum absolute atomic E-state index is 3.32. The second-order valence-corrected chi connectivity index (χ2v) is 5.52. The zero-order valence-corrected chi connectivity index (χ0v) is 12.1. The largest absolute Gasteiger partial charge is 0.344 e. The summed E-state index contributed by atoms with van der Waals surface area (Å²) in [5.74, 6) is 0. The fraction of sp³-hybridized carbons (Fsp3) is 0.500. The monoisotopic (exact) mass is 244 g/mol. The smallest absolute Gasteiger partial charge is 0.0515 e. The third kappa shape index (κ3) is 2.30. The number of benzene rings is 1. The highest BCUT2D eigenvalue weighted by molar-refractivity contribution is 5.87. The molecule has 0 saturated carbocycles. The molecule has 1 aromatic heterocycles. The summed E-state index contributed by atoms with van der Waals surface area (Å²) in [6.45, 7) is 8.93. The molecule has 0 fully saturated rings. The van der Waals surface area contributed by atoms with Crippen LogP contribution in [0.4, 0.5) is 0 Å². The molecule has 1 aromatic carbocycles. The Morgan fingerprint density at radius 1 is 1.22 bits per heavy atom. The van der Waals surface area contributed by atoms with Gasteiger partial charge in [0.25, 0.3) is 0 Å². The molecule has 2 aromatic rings. The Morgan fingerprint density at radius 2 is 1.94 bits per heavy atom. The van der Waals surface area contributed by atoms with E-state index in [1.54, 1.807) is 0 Å². The zero-order chi connectivity index (χ0) is 13.3. The fourth-order valence-electron chi connectivity index (χ4n) is 2.56. The minimum absolute atomic E-state index is 0.507. The molecule has 1 unspecified atom stereocenters. The van der Waals surface area contributed by atoms with Gasteiger partial charge in [-0.2, -0.15) is 0 Å². The summed E-state index contributed by atoms with van der Waals surface area (Å²) in [4.78, 5) is 0.